The van der Waals surface area contributed by atoms with E-state index in [2.05, 4.69) is 0 Å². The number of thioether (sulfide) groups is 1. The number of halogens is 1. The van der Waals surface area contributed by atoms with E-state index in [1.165, 1.54) is 11.8 Å². The Kier molecular flexibility index (Phi) is 4.91. The fourth-order valence-corrected chi connectivity index (χ4v) is 4.00. The van der Waals surface area contributed by atoms with Gasteiger partial charge in [-0.1, -0.05) is 41.9 Å². The maximum atomic E-state index is 12.1. The largest absolute Gasteiger partial charge is 0.460 e. The van der Waals surface area contributed by atoms with E-state index in [0.29, 0.717) is 16.5 Å². The van der Waals surface area contributed by atoms with E-state index in [0.717, 1.165) is 21.2 Å². The van der Waals surface area contributed by atoms with Crippen molar-refractivity contribution in [2.24, 2.45) is 0 Å². The molecule has 0 spiro atoms. The van der Waals surface area contributed by atoms with Gasteiger partial charge in [-0.15, -0.1) is 11.8 Å². The van der Waals surface area contributed by atoms with Crippen molar-refractivity contribution in [1.29, 1.82) is 0 Å². The van der Waals surface area contributed by atoms with Gasteiger partial charge < -0.3 is 14.2 Å². The highest BCUT2D eigenvalue weighted by Crippen LogP contribution is 2.34. The van der Waals surface area contributed by atoms with Gasteiger partial charge in [0.15, 0.2) is 11.5 Å². The van der Waals surface area contributed by atoms with Gasteiger partial charge >= 0.3 is 5.97 Å². The molecule has 26 heavy (non-hydrogen) atoms. The highest BCUT2D eigenvalue weighted by molar-refractivity contribution is 8.00. The van der Waals surface area contributed by atoms with E-state index in [1.807, 2.05) is 54.6 Å². The molecule has 0 fully saturated rings. The Morgan fingerprint density at radius 1 is 1.08 bits per heavy atom. The summed E-state index contributed by atoms with van der Waals surface area (Å²) < 4.78 is 16.0. The van der Waals surface area contributed by atoms with Gasteiger partial charge in [0.2, 0.25) is 6.79 Å². The SMILES string of the molecule is O=C(CSc1cccc2cccc(Cl)c12)OCc1ccc2c(c1)OCO2. The van der Waals surface area contributed by atoms with Crippen LogP contribution in [0.3, 0.4) is 0 Å². The van der Waals surface area contributed by atoms with Crippen molar-refractivity contribution in [2.45, 2.75) is 11.5 Å². The highest BCUT2D eigenvalue weighted by Gasteiger charge is 2.14. The normalized spacial score (nSPS) is 12.3. The molecule has 6 heteroatoms. The minimum absolute atomic E-state index is 0.201. The number of hydrogen-bond donors (Lipinski definition) is 0. The number of benzene rings is 3. The molecule has 0 saturated carbocycles. The third kappa shape index (κ3) is 3.59. The lowest BCUT2D eigenvalue weighted by atomic mass is 10.1. The van der Waals surface area contributed by atoms with Crippen LogP contribution in [0.5, 0.6) is 11.5 Å². The molecule has 4 nitrogen and oxygen atoms in total. The van der Waals surface area contributed by atoms with Crippen molar-refractivity contribution < 1.29 is 19.0 Å². The molecule has 0 aliphatic carbocycles. The topological polar surface area (TPSA) is 44.8 Å². The van der Waals surface area contributed by atoms with Gasteiger partial charge in [0, 0.05) is 15.3 Å². The molecule has 0 unspecified atom stereocenters. The van der Waals surface area contributed by atoms with Crippen LogP contribution in [-0.2, 0) is 16.1 Å². The molecule has 0 aromatic heterocycles. The fourth-order valence-electron chi connectivity index (χ4n) is 2.76. The third-order valence-electron chi connectivity index (χ3n) is 4.00. The predicted molar refractivity (Wildman–Crippen MR) is 102 cm³/mol. The van der Waals surface area contributed by atoms with Crippen molar-refractivity contribution >= 4 is 40.1 Å². The zero-order valence-electron chi connectivity index (χ0n) is 13.7. The Bertz CT molecular complexity index is 968. The van der Waals surface area contributed by atoms with Gasteiger partial charge in [0.25, 0.3) is 0 Å². The number of esters is 1. The van der Waals surface area contributed by atoms with Gasteiger partial charge in [-0.2, -0.15) is 0 Å². The van der Waals surface area contributed by atoms with E-state index in [9.17, 15) is 4.79 Å². The van der Waals surface area contributed by atoms with Crippen LogP contribution in [0.25, 0.3) is 10.8 Å². The monoisotopic (exact) mass is 386 g/mol. The molecule has 1 aliphatic rings. The second-order valence-electron chi connectivity index (χ2n) is 5.73. The summed E-state index contributed by atoms with van der Waals surface area (Å²) in [6.07, 6.45) is 0. The fraction of sp³-hybridized carbons (Fsp3) is 0.150. The second-order valence-corrected chi connectivity index (χ2v) is 7.16. The van der Waals surface area contributed by atoms with Gasteiger partial charge in [0.1, 0.15) is 6.61 Å². The molecule has 4 rings (SSSR count). The van der Waals surface area contributed by atoms with Crippen molar-refractivity contribution in [3.05, 3.63) is 65.2 Å². The Morgan fingerprint density at radius 2 is 1.88 bits per heavy atom. The third-order valence-corrected chi connectivity index (χ3v) is 5.34. The molecule has 132 valence electrons. The molecule has 0 amide bonds. The first-order valence-corrected chi connectivity index (χ1v) is 9.41. The maximum Gasteiger partial charge on any atom is 0.316 e. The number of carbonyl (C=O) groups excluding carboxylic acids is 1. The summed E-state index contributed by atoms with van der Waals surface area (Å²) in [5, 5.41) is 2.70. The minimum atomic E-state index is -0.281. The van der Waals surface area contributed by atoms with Gasteiger partial charge in [-0.25, -0.2) is 0 Å². The molecular weight excluding hydrogens is 372 g/mol. The average molecular weight is 387 g/mol. The molecule has 1 aliphatic heterocycles. The summed E-state index contributed by atoms with van der Waals surface area (Å²) in [5.74, 6) is 1.33. The molecule has 1 heterocycles. The number of carbonyl (C=O) groups is 1. The standard InChI is InChI=1S/C20H15ClO4S/c21-15-5-1-3-14-4-2-6-18(20(14)15)26-11-19(22)23-10-13-7-8-16-17(9-13)25-12-24-16/h1-9H,10-12H2. The van der Waals surface area contributed by atoms with E-state index in [1.54, 1.807) is 0 Å². The smallest absolute Gasteiger partial charge is 0.316 e. The van der Waals surface area contributed by atoms with Gasteiger partial charge in [0.05, 0.1) is 5.75 Å². The molecule has 0 radical (unpaired) electrons. The van der Waals surface area contributed by atoms with Crippen LogP contribution < -0.4 is 9.47 Å². The molecule has 0 N–H and O–H groups in total. The second kappa shape index (κ2) is 7.48. The van der Waals surface area contributed by atoms with Crippen molar-refractivity contribution in [2.75, 3.05) is 12.5 Å². The minimum Gasteiger partial charge on any atom is -0.460 e. The van der Waals surface area contributed by atoms with Crippen molar-refractivity contribution in [3.8, 4) is 11.5 Å². The Morgan fingerprint density at radius 3 is 2.77 bits per heavy atom. The Balaban J connectivity index is 1.37. The summed E-state index contributed by atoms with van der Waals surface area (Å²) in [5.41, 5.74) is 0.862. The molecule has 3 aromatic rings. The average Bonchev–Trinajstić information content (AvgIpc) is 3.12. The summed E-state index contributed by atoms with van der Waals surface area (Å²) in [6.45, 7) is 0.426. The van der Waals surface area contributed by atoms with Gasteiger partial charge in [-0.3, -0.25) is 4.79 Å². The highest BCUT2D eigenvalue weighted by atomic mass is 35.5. The molecular formula is C20H15ClO4S. The number of hydrogen-bond acceptors (Lipinski definition) is 5. The van der Waals surface area contributed by atoms with E-state index >= 15 is 0 Å². The first-order valence-electron chi connectivity index (χ1n) is 8.05. The summed E-state index contributed by atoms with van der Waals surface area (Å²) in [6, 6.07) is 17.2. The van der Waals surface area contributed by atoms with Crippen LogP contribution in [0, 0.1) is 0 Å². The number of rotatable bonds is 5. The lowest BCUT2D eigenvalue weighted by Gasteiger charge is -2.09. The molecule has 0 atom stereocenters. The first kappa shape index (κ1) is 17.1. The maximum absolute atomic E-state index is 12.1. The lowest BCUT2D eigenvalue weighted by molar-refractivity contribution is -0.141. The molecule has 0 bridgehead atoms. The van der Waals surface area contributed by atoms with Crippen LogP contribution in [0.15, 0.2) is 59.5 Å². The van der Waals surface area contributed by atoms with Crippen LogP contribution in [0.4, 0.5) is 0 Å². The Hall–Kier alpha value is -2.37. The predicted octanol–water partition coefficient (Wildman–Crippen LogP) is 5.06. The van der Waals surface area contributed by atoms with Crippen LogP contribution in [0.1, 0.15) is 5.56 Å². The molecule has 0 saturated heterocycles. The number of ether oxygens (including phenoxy) is 3. The van der Waals surface area contributed by atoms with Crippen molar-refractivity contribution in [3.63, 3.8) is 0 Å². The quantitative estimate of drug-likeness (QED) is 0.453. The van der Waals surface area contributed by atoms with Crippen molar-refractivity contribution in [1.82, 2.24) is 0 Å². The molecule has 3 aromatic carbocycles. The van der Waals surface area contributed by atoms with Gasteiger partial charge in [-0.05, 0) is 35.2 Å². The summed E-state index contributed by atoms with van der Waals surface area (Å²) in [7, 11) is 0. The summed E-state index contributed by atoms with van der Waals surface area (Å²) in [4.78, 5) is 13.1. The Labute approximate surface area is 160 Å². The number of fused-ring (bicyclic) bond motifs is 2. The van der Waals surface area contributed by atoms with E-state index < -0.39 is 0 Å². The lowest BCUT2D eigenvalue weighted by Crippen LogP contribution is -2.07. The zero-order chi connectivity index (χ0) is 17.9. The van der Waals surface area contributed by atoms with Crippen LogP contribution in [-0.4, -0.2) is 18.5 Å². The van der Waals surface area contributed by atoms with E-state index in [4.69, 9.17) is 25.8 Å². The summed E-state index contributed by atoms with van der Waals surface area (Å²) >= 11 is 7.74. The van der Waals surface area contributed by atoms with Crippen LogP contribution in [0.2, 0.25) is 5.02 Å². The van der Waals surface area contributed by atoms with E-state index in [-0.39, 0.29) is 25.1 Å². The van der Waals surface area contributed by atoms with Crippen LogP contribution >= 0.6 is 23.4 Å². The zero-order valence-corrected chi connectivity index (χ0v) is 15.3. The first-order chi connectivity index (χ1) is 12.7.